The Hall–Kier alpha value is -3.06. The van der Waals surface area contributed by atoms with Gasteiger partial charge in [0.25, 0.3) is 5.91 Å². The number of carbonyl (C=O) groups is 1. The van der Waals surface area contributed by atoms with Crippen molar-refractivity contribution in [2.45, 2.75) is 31.1 Å². The van der Waals surface area contributed by atoms with E-state index in [2.05, 4.69) is 25.1 Å². The fourth-order valence-corrected chi connectivity index (χ4v) is 6.15. The zero-order valence-corrected chi connectivity index (χ0v) is 21.5. The predicted octanol–water partition coefficient (Wildman–Crippen LogP) is 3.51. The molecule has 36 heavy (non-hydrogen) atoms. The number of aliphatic hydroxyl groups excluding tert-OH is 1. The van der Waals surface area contributed by atoms with Crippen LogP contribution in [0.1, 0.15) is 41.3 Å². The minimum atomic E-state index is -3.45. The Bertz CT molecular complexity index is 1530. The molecule has 3 N–H and O–H groups in total. The van der Waals surface area contributed by atoms with Gasteiger partial charge in [-0.05, 0) is 37.1 Å². The summed E-state index contributed by atoms with van der Waals surface area (Å²) < 4.78 is 28.9. The van der Waals surface area contributed by atoms with E-state index in [0.29, 0.717) is 29.2 Å². The molecular formula is C23H23ClN6O4S2. The van der Waals surface area contributed by atoms with E-state index in [1.807, 2.05) is 0 Å². The SMILES string of the molecule is C[C@@H](CO)[C@H](NC(=O)c1ncc(-c2cnn3ccc(Cl)cc23)s1)c1cc(NS(=O)(=O)C2CC2)ccn1. The maximum Gasteiger partial charge on any atom is 0.280 e. The number of aromatic nitrogens is 4. The molecule has 0 aliphatic heterocycles. The molecule has 2 atom stereocenters. The maximum absolute atomic E-state index is 13.1. The van der Waals surface area contributed by atoms with E-state index in [9.17, 15) is 18.3 Å². The van der Waals surface area contributed by atoms with Gasteiger partial charge in [0.05, 0.1) is 39.3 Å². The monoisotopic (exact) mass is 546 g/mol. The van der Waals surface area contributed by atoms with Crippen LogP contribution in [0.4, 0.5) is 5.69 Å². The molecule has 4 aromatic heterocycles. The highest BCUT2D eigenvalue weighted by molar-refractivity contribution is 7.93. The van der Waals surface area contributed by atoms with E-state index in [1.54, 1.807) is 54.3 Å². The lowest BCUT2D eigenvalue weighted by Crippen LogP contribution is -2.34. The Labute approximate surface area is 216 Å². The molecule has 0 spiro atoms. The number of anilines is 1. The summed E-state index contributed by atoms with van der Waals surface area (Å²) in [5, 5.41) is 17.5. The first-order chi connectivity index (χ1) is 17.2. The predicted molar refractivity (Wildman–Crippen MR) is 138 cm³/mol. The highest BCUT2D eigenvalue weighted by Crippen LogP contribution is 2.32. The van der Waals surface area contributed by atoms with Crippen LogP contribution in [0.3, 0.4) is 0 Å². The fourth-order valence-electron chi connectivity index (χ4n) is 3.77. The molecule has 1 aliphatic carbocycles. The van der Waals surface area contributed by atoms with Gasteiger partial charge in [0.15, 0.2) is 5.01 Å². The van der Waals surface area contributed by atoms with Crippen LogP contribution in [0, 0.1) is 5.92 Å². The van der Waals surface area contributed by atoms with Gasteiger partial charge in [0, 0.05) is 41.7 Å². The molecule has 0 saturated heterocycles. The summed E-state index contributed by atoms with van der Waals surface area (Å²) in [6.07, 6.45) is 7.81. The van der Waals surface area contributed by atoms with Gasteiger partial charge in [-0.3, -0.25) is 14.5 Å². The van der Waals surface area contributed by atoms with Crippen molar-refractivity contribution in [2.24, 2.45) is 5.92 Å². The van der Waals surface area contributed by atoms with Crippen LogP contribution in [-0.4, -0.2) is 50.9 Å². The zero-order valence-electron chi connectivity index (χ0n) is 19.1. The van der Waals surface area contributed by atoms with Crippen molar-refractivity contribution in [3.63, 3.8) is 0 Å². The number of pyridine rings is 2. The van der Waals surface area contributed by atoms with Gasteiger partial charge in [-0.1, -0.05) is 18.5 Å². The second-order valence-electron chi connectivity index (χ2n) is 8.69. The van der Waals surface area contributed by atoms with Gasteiger partial charge < -0.3 is 10.4 Å². The van der Waals surface area contributed by atoms with E-state index in [-0.39, 0.29) is 16.9 Å². The minimum absolute atomic E-state index is 0.211. The second-order valence-corrected chi connectivity index (χ2v) is 12.1. The van der Waals surface area contributed by atoms with Gasteiger partial charge >= 0.3 is 0 Å². The summed E-state index contributed by atoms with van der Waals surface area (Å²) in [6, 6.07) is 5.99. The Kier molecular flexibility index (Phi) is 6.68. The average Bonchev–Trinajstić information content (AvgIpc) is 3.48. The normalized spacial score (nSPS) is 15.5. The smallest absolute Gasteiger partial charge is 0.280 e. The molecule has 188 valence electrons. The number of aliphatic hydroxyl groups is 1. The Balaban J connectivity index is 1.38. The average molecular weight is 547 g/mol. The number of nitrogens with zero attached hydrogens (tertiary/aromatic N) is 4. The van der Waals surface area contributed by atoms with Crippen molar-refractivity contribution >= 4 is 50.1 Å². The largest absolute Gasteiger partial charge is 0.396 e. The molecule has 5 rings (SSSR count). The molecule has 0 bridgehead atoms. The number of halogens is 1. The van der Waals surface area contributed by atoms with Crippen molar-refractivity contribution in [2.75, 3.05) is 11.3 Å². The maximum atomic E-state index is 13.1. The highest BCUT2D eigenvalue weighted by Gasteiger charge is 2.36. The first kappa shape index (κ1) is 24.6. The van der Waals surface area contributed by atoms with Gasteiger partial charge in [-0.2, -0.15) is 5.10 Å². The summed E-state index contributed by atoms with van der Waals surface area (Å²) in [4.78, 5) is 22.5. The number of nitrogens with one attached hydrogen (secondary N) is 2. The molecule has 1 aliphatic rings. The molecule has 0 unspecified atom stereocenters. The van der Waals surface area contributed by atoms with Gasteiger partial charge in [0.1, 0.15) is 0 Å². The number of rotatable bonds is 9. The summed E-state index contributed by atoms with van der Waals surface area (Å²) in [6.45, 7) is 1.56. The molecule has 1 fully saturated rings. The van der Waals surface area contributed by atoms with Gasteiger partial charge in [-0.25, -0.2) is 17.9 Å². The second kappa shape index (κ2) is 9.77. The Morgan fingerprint density at radius 3 is 2.83 bits per heavy atom. The van der Waals surface area contributed by atoms with Crippen LogP contribution < -0.4 is 10.0 Å². The molecular weight excluding hydrogens is 524 g/mol. The van der Waals surface area contributed by atoms with Crippen LogP contribution >= 0.6 is 22.9 Å². The van der Waals surface area contributed by atoms with Crippen LogP contribution in [-0.2, 0) is 10.0 Å². The van der Waals surface area contributed by atoms with Crippen LogP contribution in [0.5, 0.6) is 0 Å². The molecule has 10 nitrogen and oxygen atoms in total. The number of fused-ring (bicyclic) bond motifs is 1. The van der Waals surface area contributed by atoms with E-state index in [0.717, 1.165) is 16.0 Å². The number of sulfonamides is 1. The Morgan fingerprint density at radius 2 is 2.08 bits per heavy atom. The first-order valence-corrected chi connectivity index (χ1v) is 14.0. The van der Waals surface area contributed by atoms with Crippen molar-refractivity contribution < 1.29 is 18.3 Å². The minimum Gasteiger partial charge on any atom is -0.396 e. The number of hydrogen-bond acceptors (Lipinski definition) is 8. The van der Waals surface area contributed by atoms with Crippen molar-refractivity contribution in [3.8, 4) is 10.4 Å². The lowest BCUT2D eigenvalue weighted by molar-refractivity contribution is 0.0906. The summed E-state index contributed by atoms with van der Waals surface area (Å²) >= 11 is 7.34. The van der Waals surface area contributed by atoms with E-state index >= 15 is 0 Å². The summed E-state index contributed by atoms with van der Waals surface area (Å²) in [5.74, 6) is -0.824. The zero-order chi connectivity index (χ0) is 25.4. The molecule has 0 aromatic carbocycles. The van der Waals surface area contributed by atoms with E-state index < -0.39 is 27.9 Å². The van der Waals surface area contributed by atoms with Crippen LogP contribution in [0.15, 0.2) is 49.1 Å². The molecule has 4 heterocycles. The van der Waals surface area contributed by atoms with Crippen LogP contribution in [0.25, 0.3) is 16.0 Å². The first-order valence-electron chi connectivity index (χ1n) is 11.2. The lowest BCUT2D eigenvalue weighted by Gasteiger charge is -2.23. The molecule has 1 saturated carbocycles. The van der Waals surface area contributed by atoms with Crippen LogP contribution in [0.2, 0.25) is 5.02 Å². The number of amides is 1. The Morgan fingerprint density at radius 1 is 1.28 bits per heavy atom. The summed E-state index contributed by atoms with van der Waals surface area (Å²) in [5.41, 5.74) is 2.38. The third kappa shape index (κ3) is 5.07. The standard InChI is InChI=1S/C23H23ClN6O4S2/c1-13(12-31)21(18-9-15(4-6-25-18)29-36(33,34)16-2-3-16)28-22(32)23-26-11-20(35-23)17-10-27-30-7-5-14(24)8-19(17)30/h4-11,13,16,21,31H,2-3,12H2,1H3,(H,25,29)(H,28,32)/t13-,21-/m0/s1. The van der Waals surface area contributed by atoms with Crippen molar-refractivity contribution in [1.29, 1.82) is 0 Å². The third-order valence-corrected chi connectivity index (χ3v) is 9.05. The number of carbonyl (C=O) groups excluding carboxylic acids is 1. The molecule has 13 heteroatoms. The van der Waals surface area contributed by atoms with E-state index in [1.165, 1.54) is 17.5 Å². The lowest BCUT2D eigenvalue weighted by atomic mass is 9.99. The van der Waals surface area contributed by atoms with Gasteiger partial charge in [-0.15, -0.1) is 11.3 Å². The number of hydrogen-bond donors (Lipinski definition) is 3. The van der Waals surface area contributed by atoms with Crippen molar-refractivity contribution in [1.82, 2.24) is 24.9 Å². The molecule has 1 amide bonds. The highest BCUT2D eigenvalue weighted by atomic mass is 35.5. The van der Waals surface area contributed by atoms with E-state index in [4.69, 9.17) is 11.6 Å². The molecule has 0 radical (unpaired) electrons. The summed E-state index contributed by atoms with van der Waals surface area (Å²) in [7, 11) is -3.45. The quantitative estimate of drug-likeness (QED) is 0.292. The fraction of sp³-hybridized carbons (Fsp3) is 0.304. The topological polar surface area (TPSA) is 139 Å². The molecule has 4 aromatic rings. The number of thiazole rings is 1. The third-order valence-electron chi connectivity index (χ3n) is 5.92. The van der Waals surface area contributed by atoms with Crippen molar-refractivity contribution in [3.05, 3.63) is 64.8 Å². The van der Waals surface area contributed by atoms with Gasteiger partial charge in [0.2, 0.25) is 10.0 Å².